The van der Waals surface area contributed by atoms with E-state index in [-0.39, 0.29) is 6.17 Å². The highest BCUT2D eigenvalue weighted by Crippen LogP contribution is 2.23. The molecule has 3 heteroatoms. The molecule has 10 heavy (non-hydrogen) atoms. The van der Waals surface area contributed by atoms with E-state index in [0.717, 1.165) is 19.8 Å². The van der Waals surface area contributed by atoms with Crippen molar-refractivity contribution in [3.05, 3.63) is 6.17 Å². The summed E-state index contributed by atoms with van der Waals surface area (Å²) in [5, 5.41) is 0. The van der Waals surface area contributed by atoms with E-state index in [2.05, 4.69) is 4.90 Å². The Morgan fingerprint density at radius 3 is 2.70 bits per heavy atom. The number of hydrogen-bond acceptors (Lipinski definition) is 2. The predicted molar refractivity (Wildman–Crippen MR) is 35.1 cm³/mol. The Kier molecular flexibility index (Phi) is 1.62. The fourth-order valence-electron chi connectivity index (χ4n) is 1.39. The fourth-order valence-corrected chi connectivity index (χ4v) is 1.39. The molecule has 0 bridgehead atoms. The molecule has 2 aliphatic heterocycles. The van der Waals surface area contributed by atoms with Gasteiger partial charge in [-0.2, -0.15) is 0 Å². The number of halogens is 1. The van der Waals surface area contributed by atoms with Gasteiger partial charge in [0.1, 0.15) is 0 Å². The van der Waals surface area contributed by atoms with Crippen LogP contribution in [0.5, 0.6) is 0 Å². The minimum atomic E-state index is 0.131. The molecule has 2 rings (SSSR count). The first-order chi connectivity index (χ1) is 4.86. The molecule has 2 fully saturated rings. The zero-order valence-electron chi connectivity index (χ0n) is 5.85. The van der Waals surface area contributed by atoms with Gasteiger partial charge in [-0.1, -0.05) is 0 Å². The minimum absolute atomic E-state index is 0.131. The summed E-state index contributed by atoms with van der Waals surface area (Å²) < 4.78 is 17.5. The molecule has 0 spiro atoms. The van der Waals surface area contributed by atoms with Gasteiger partial charge in [-0.15, -0.1) is 0 Å². The summed E-state index contributed by atoms with van der Waals surface area (Å²) in [7, 11) is 0. The summed E-state index contributed by atoms with van der Waals surface area (Å²) in [5.74, 6) is 0. The van der Waals surface area contributed by atoms with E-state index in [9.17, 15) is 4.39 Å². The third-order valence-corrected chi connectivity index (χ3v) is 2.18. The lowest BCUT2D eigenvalue weighted by Gasteiger charge is -2.33. The van der Waals surface area contributed by atoms with Crippen LogP contribution in [0.15, 0.2) is 0 Å². The van der Waals surface area contributed by atoms with Crippen LogP contribution in [0.3, 0.4) is 0 Å². The van der Waals surface area contributed by atoms with Crippen molar-refractivity contribution in [3.8, 4) is 0 Å². The summed E-state index contributed by atoms with van der Waals surface area (Å²) in [6, 6.07) is 0.508. The normalized spacial score (nSPS) is 30.9. The minimum Gasteiger partial charge on any atom is -0.378 e. The van der Waals surface area contributed by atoms with Crippen LogP contribution in [0.25, 0.3) is 0 Å². The van der Waals surface area contributed by atoms with Crippen LogP contribution in [-0.4, -0.2) is 37.2 Å². The SMILES string of the molecule is F[C]1CCN(C2COC2)C1. The summed E-state index contributed by atoms with van der Waals surface area (Å²) >= 11 is 0. The first-order valence-electron chi connectivity index (χ1n) is 3.68. The van der Waals surface area contributed by atoms with Gasteiger partial charge in [-0.05, 0) is 6.42 Å². The van der Waals surface area contributed by atoms with Gasteiger partial charge in [0.2, 0.25) is 0 Å². The summed E-state index contributed by atoms with van der Waals surface area (Å²) in [5.41, 5.74) is 0. The van der Waals surface area contributed by atoms with Gasteiger partial charge >= 0.3 is 0 Å². The molecule has 0 aliphatic carbocycles. The number of nitrogens with zero attached hydrogens (tertiary/aromatic N) is 1. The van der Waals surface area contributed by atoms with Crippen LogP contribution in [0.2, 0.25) is 0 Å². The Hall–Kier alpha value is -0.150. The summed E-state index contributed by atoms with van der Waals surface area (Å²) in [4.78, 5) is 2.15. The molecule has 0 atom stereocenters. The monoisotopic (exact) mass is 144 g/mol. The van der Waals surface area contributed by atoms with E-state index >= 15 is 0 Å². The van der Waals surface area contributed by atoms with E-state index in [1.54, 1.807) is 0 Å². The van der Waals surface area contributed by atoms with Gasteiger partial charge in [0.05, 0.1) is 19.3 Å². The van der Waals surface area contributed by atoms with Crippen molar-refractivity contribution in [2.45, 2.75) is 12.5 Å². The van der Waals surface area contributed by atoms with Crippen LogP contribution >= 0.6 is 0 Å². The Labute approximate surface area is 60.0 Å². The second-order valence-corrected chi connectivity index (χ2v) is 2.93. The maximum atomic E-state index is 12.5. The van der Waals surface area contributed by atoms with Crippen molar-refractivity contribution in [1.29, 1.82) is 0 Å². The highest BCUT2D eigenvalue weighted by molar-refractivity contribution is 4.93. The average Bonchev–Trinajstić information content (AvgIpc) is 2.10. The molecule has 57 valence electrons. The van der Waals surface area contributed by atoms with E-state index in [0.29, 0.717) is 19.0 Å². The van der Waals surface area contributed by atoms with Gasteiger partial charge in [0.25, 0.3) is 0 Å². The Morgan fingerprint density at radius 1 is 1.50 bits per heavy atom. The van der Waals surface area contributed by atoms with Gasteiger partial charge in [0.15, 0.2) is 6.17 Å². The van der Waals surface area contributed by atoms with Crippen molar-refractivity contribution >= 4 is 0 Å². The lowest BCUT2D eigenvalue weighted by atomic mass is 10.2. The summed E-state index contributed by atoms with van der Waals surface area (Å²) in [6.45, 7) is 3.04. The Bertz CT molecular complexity index is 127. The second-order valence-electron chi connectivity index (χ2n) is 2.93. The molecule has 2 heterocycles. The van der Waals surface area contributed by atoms with Crippen molar-refractivity contribution in [2.75, 3.05) is 26.3 Å². The second kappa shape index (κ2) is 2.47. The van der Waals surface area contributed by atoms with Crippen LogP contribution in [0.4, 0.5) is 4.39 Å². The predicted octanol–water partition coefficient (Wildman–Crippen LogP) is 0.592. The molecule has 0 unspecified atom stereocenters. The first kappa shape index (κ1) is 6.55. The lowest BCUT2D eigenvalue weighted by molar-refractivity contribution is -0.0571. The topological polar surface area (TPSA) is 12.5 Å². The third-order valence-electron chi connectivity index (χ3n) is 2.18. The maximum absolute atomic E-state index is 12.5. The fraction of sp³-hybridized carbons (Fsp3) is 0.857. The quantitative estimate of drug-likeness (QED) is 0.534. The smallest absolute Gasteiger partial charge is 0.159 e. The van der Waals surface area contributed by atoms with Crippen molar-refractivity contribution in [1.82, 2.24) is 4.90 Å². The number of likely N-dealkylation sites (tertiary alicyclic amines) is 1. The van der Waals surface area contributed by atoms with Crippen molar-refractivity contribution in [3.63, 3.8) is 0 Å². The Morgan fingerprint density at radius 2 is 2.30 bits per heavy atom. The van der Waals surface area contributed by atoms with E-state index in [1.807, 2.05) is 0 Å². The van der Waals surface area contributed by atoms with E-state index < -0.39 is 0 Å². The van der Waals surface area contributed by atoms with Gasteiger partial charge < -0.3 is 4.74 Å². The van der Waals surface area contributed by atoms with E-state index in [1.165, 1.54) is 0 Å². The number of ether oxygens (including phenoxy) is 1. The molecule has 1 radical (unpaired) electrons. The Balaban J connectivity index is 1.82. The summed E-state index contributed by atoms with van der Waals surface area (Å²) in [6.07, 6.45) is 0.767. The zero-order valence-corrected chi connectivity index (χ0v) is 5.85. The van der Waals surface area contributed by atoms with Crippen LogP contribution in [-0.2, 0) is 4.74 Å². The van der Waals surface area contributed by atoms with Gasteiger partial charge in [-0.25, -0.2) is 4.39 Å². The zero-order chi connectivity index (χ0) is 6.97. The highest BCUT2D eigenvalue weighted by atomic mass is 19.1. The molecule has 0 N–H and O–H groups in total. The number of rotatable bonds is 1. The van der Waals surface area contributed by atoms with Gasteiger partial charge in [-0.3, -0.25) is 4.90 Å². The van der Waals surface area contributed by atoms with Gasteiger partial charge in [0, 0.05) is 13.1 Å². The first-order valence-corrected chi connectivity index (χ1v) is 3.68. The van der Waals surface area contributed by atoms with E-state index in [4.69, 9.17) is 4.74 Å². The maximum Gasteiger partial charge on any atom is 0.159 e. The molecular weight excluding hydrogens is 133 g/mol. The largest absolute Gasteiger partial charge is 0.378 e. The number of hydrogen-bond donors (Lipinski definition) is 0. The molecule has 2 aliphatic rings. The molecule has 0 amide bonds. The van der Waals surface area contributed by atoms with Crippen molar-refractivity contribution < 1.29 is 9.13 Å². The molecule has 0 saturated carbocycles. The van der Waals surface area contributed by atoms with Crippen LogP contribution in [0, 0.1) is 6.17 Å². The standard InChI is InChI=1S/C7H11FNO/c8-6-1-2-9(3-6)7-4-10-5-7/h7H,1-5H2. The molecule has 2 nitrogen and oxygen atoms in total. The average molecular weight is 144 g/mol. The molecule has 0 aromatic carbocycles. The highest BCUT2D eigenvalue weighted by Gasteiger charge is 2.32. The third kappa shape index (κ3) is 1.04. The molecule has 2 saturated heterocycles. The van der Waals surface area contributed by atoms with Crippen LogP contribution < -0.4 is 0 Å². The van der Waals surface area contributed by atoms with Crippen LogP contribution in [0.1, 0.15) is 6.42 Å². The molecular formula is C7H11FNO. The molecule has 0 aromatic heterocycles. The molecule has 0 aromatic rings. The lowest BCUT2D eigenvalue weighted by Crippen LogP contribution is -2.47. The van der Waals surface area contributed by atoms with Crippen molar-refractivity contribution in [2.24, 2.45) is 0 Å².